The van der Waals surface area contributed by atoms with Crippen LogP contribution in [0.5, 0.6) is 0 Å². The molecule has 0 unspecified atom stereocenters. The molecule has 2 aromatic rings. The Kier molecular flexibility index (Phi) is 6.69. The Morgan fingerprint density at radius 1 is 1.12 bits per heavy atom. The Bertz CT molecular complexity index is 761. The van der Waals surface area contributed by atoms with Crippen LogP contribution in [0.3, 0.4) is 0 Å². The molecule has 2 heterocycles. The van der Waals surface area contributed by atoms with E-state index in [0.717, 1.165) is 31.5 Å². The van der Waals surface area contributed by atoms with Gasteiger partial charge in [0.05, 0.1) is 0 Å². The summed E-state index contributed by atoms with van der Waals surface area (Å²) in [5.41, 5.74) is 1.44. The van der Waals surface area contributed by atoms with Crippen LogP contribution in [0.2, 0.25) is 10.0 Å². The van der Waals surface area contributed by atoms with Crippen LogP contribution in [0.15, 0.2) is 30.5 Å². The Balaban J connectivity index is 1.59. The highest BCUT2D eigenvalue weighted by Gasteiger charge is 2.18. The van der Waals surface area contributed by atoms with Crippen LogP contribution in [-0.2, 0) is 6.42 Å². The molecule has 7 heteroatoms. The molecule has 0 saturated carbocycles. The average molecular weight is 393 g/mol. The summed E-state index contributed by atoms with van der Waals surface area (Å²) in [6.45, 7) is 2.23. The first-order valence-electron chi connectivity index (χ1n) is 8.93. The van der Waals surface area contributed by atoms with Gasteiger partial charge in [0, 0.05) is 35.9 Å². The second-order valence-electron chi connectivity index (χ2n) is 6.38. The van der Waals surface area contributed by atoms with Gasteiger partial charge in [-0.15, -0.1) is 0 Å². The standard InChI is InChI=1S/C19H22Cl2N4O/c20-15-6-5-14(16(21)13-15)7-9-22-19-23-10-8-17(24-19)18(26)25-11-3-1-2-4-12-25/h5-6,8,10,13H,1-4,7,9,11-12H2,(H,22,23,24). The molecule has 1 saturated heterocycles. The van der Waals surface area contributed by atoms with Gasteiger partial charge in [-0.2, -0.15) is 0 Å². The number of carbonyl (C=O) groups excluding carboxylic acids is 1. The van der Waals surface area contributed by atoms with E-state index in [0.29, 0.717) is 34.7 Å². The molecule has 138 valence electrons. The van der Waals surface area contributed by atoms with E-state index in [1.807, 2.05) is 17.0 Å². The van der Waals surface area contributed by atoms with E-state index in [1.165, 1.54) is 12.8 Å². The third-order valence-corrected chi connectivity index (χ3v) is 5.05. The number of hydrogen-bond acceptors (Lipinski definition) is 4. The molecular weight excluding hydrogens is 371 g/mol. The zero-order valence-electron chi connectivity index (χ0n) is 14.5. The zero-order valence-corrected chi connectivity index (χ0v) is 16.1. The molecule has 1 aromatic heterocycles. The summed E-state index contributed by atoms with van der Waals surface area (Å²) in [4.78, 5) is 23.1. The van der Waals surface area contributed by atoms with Crippen molar-refractivity contribution in [3.8, 4) is 0 Å². The predicted molar refractivity (Wildman–Crippen MR) is 105 cm³/mol. The first-order chi connectivity index (χ1) is 12.6. The monoisotopic (exact) mass is 392 g/mol. The smallest absolute Gasteiger partial charge is 0.272 e. The van der Waals surface area contributed by atoms with Crippen molar-refractivity contribution < 1.29 is 4.79 Å². The summed E-state index contributed by atoms with van der Waals surface area (Å²) in [5, 5.41) is 4.42. The summed E-state index contributed by atoms with van der Waals surface area (Å²) in [6.07, 6.45) is 6.83. The summed E-state index contributed by atoms with van der Waals surface area (Å²) in [7, 11) is 0. The SMILES string of the molecule is O=C(c1ccnc(NCCc2ccc(Cl)cc2Cl)n1)N1CCCCCC1. The maximum Gasteiger partial charge on any atom is 0.272 e. The van der Waals surface area contributed by atoms with Crippen molar-refractivity contribution >= 4 is 35.1 Å². The minimum Gasteiger partial charge on any atom is -0.354 e. The van der Waals surface area contributed by atoms with Crippen LogP contribution in [0.25, 0.3) is 0 Å². The lowest BCUT2D eigenvalue weighted by Crippen LogP contribution is -2.32. The third kappa shape index (κ3) is 5.08. The van der Waals surface area contributed by atoms with Crippen LogP contribution >= 0.6 is 23.2 Å². The molecule has 1 N–H and O–H groups in total. The van der Waals surface area contributed by atoms with Gasteiger partial charge in [0.15, 0.2) is 0 Å². The van der Waals surface area contributed by atoms with Crippen LogP contribution in [0, 0.1) is 0 Å². The molecular formula is C19H22Cl2N4O. The average Bonchev–Trinajstić information content (AvgIpc) is 2.93. The highest BCUT2D eigenvalue weighted by molar-refractivity contribution is 6.35. The van der Waals surface area contributed by atoms with Crippen molar-refractivity contribution in [2.45, 2.75) is 32.1 Å². The van der Waals surface area contributed by atoms with Crippen molar-refractivity contribution in [1.29, 1.82) is 0 Å². The fourth-order valence-electron chi connectivity index (χ4n) is 3.03. The highest BCUT2D eigenvalue weighted by atomic mass is 35.5. The molecule has 1 amide bonds. The quantitative estimate of drug-likeness (QED) is 0.815. The van der Waals surface area contributed by atoms with Gasteiger partial charge >= 0.3 is 0 Å². The van der Waals surface area contributed by atoms with E-state index in [2.05, 4.69) is 15.3 Å². The predicted octanol–water partition coefficient (Wildman–Crippen LogP) is 4.45. The Morgan fingerprint density at radius 2 is 1.88 bits per heavy atom. The summed E-state index contributed by atoms with van der Waals surface area (Å²) >= 11 is 12.1. The Morgan fingerprint density at radius 3 is 2.62 bits per heavy atom. The molecule has 0 spiro atoms. The van der Waals surface area contributed by atoms with Gasteiger partial charge in [0.2, 0.25) is 5.95 Å². The first-order valence-corrected chi connectivity index (χ1v) is 9.69. The molecule has 0 bridgehead atoms. The van der Waals surface area contributed by atoms with Crippen molar-refractivity contribution in [2.24, 2.45) is 0 Å². The highest BCUT2D eigenvalue weighted by Crippen LogP contribution is 2.21. The first kappa shape index (κ1) is 18.9. The molecule has 1 fully saturated rings. The summed E-state index contributed by atoms with van der Waals surface area (Å²) < 4.78 is 0. The number of anilines is 1. The van der Waals surface area contributed by atoms with E-state index < -0.39 is 0 Å². The van der Waals surface area contributed by atoms with E-state index in [9.17, 15) is 4.79 Å². The second kappa shape index (κ2) is 9.19. The normalized spacial score (nSPS) is 14.8. The number of halogens is 2. The van der Waals surface area contributed by atoms with Crippen LogP contribution in [0.4, 0.5) is 5.95 Å². The van der Waals surface area contributed by atoms with Crippen LogP contribution in [0.1, 0.15) is 41.7 Å². The van der Waals surface area contributed by atoms with Crippen molar-refractivity contribution in [1.82, 2.24) is 14.9 Å². The number of amides is 1. The number of rotatable bonds is 5. The van der Waals surface area contributed by atoms with Gasteiger partial charge in [-0.3, -0.25) is 4.79 Å². The molecule has 0 radical (unpaired) electrons. The number of likely N-dealkylation sites (tertiary alicyclic amines) is 1. The molecule has 3 rings (SSSR count). The lowest BCUT2D eigenvalue weighted by atomic mass is 10.1. The van der Waals surface area contributed by atoms with Crippen molar-refractivity contribution in [3.05, 3.63) is 51.8 Å². The maximum atomic E-state index is 12.7. The van der Waals surface area contributed by atoms with E-state index >= 15 is 0 Å². The number of aromatic nitrogens is 2. The lowest BCUT2D eigenvalue weighted by molar-refractivity contribution is 0.0755. The van der Waals surface area contributed by atoms with E-state index in [-0.39, 0.29) is 5.91 Å². The minimum absolute atomic E-state index is 0.0157. The number of nitrogens with zero attached hydrogens (tertiary/aromatic N) is 3. The summed E-state index contributed by atoms with van der Waals surface area (Å²) in [5.74, 6) is 0.439. The zero-order chi connectivity index (χ0) is 18.4. The Hall–Kier alpha value is -1.85. The van der Waals surface area contributed by atoms with Gasteiger partial charge in [-0.1, -0.05) is 42.1 Å². The number of carbonyl (C=O) groups is 1. The van der Waals surface area contributed by atoms with Crippen molar-refractivity contribution in [2.75, 3.05) is 25.0 Å². The van der Waals surface area contributed by atoms with E-state index in [1.54, 1.807) is 18.3 Å². The minimum atomic E-state index is -0.0157. The second-order valence-corrected chi connectivity index (χ2v) is 7.23. The largest absolute Gasteiger partial charge is 0.354 e. The summed E-state index contributed by atoms with van der Waals surface area (Å²) in [6, 6.07) is 7.14. The van der Waals surface area contributed by atoms with E-state index in [4.69, 9.17) is 23.2 Å². The van der Waals surface area contributed by atoms with Crippen molar-refractivity contribution in [3.63, 3.8) is 0 Å². The molecule has 5 nitrogen and oxygen atoms in total. The van der Waals surface area contributed by atoms with Crippen LogP contribution in [-0.4, -0.2) is 40.4 Å². The van der Waals surface area contributed by atoms with Gasteiger partial charge in [0.1, 0.15) is 5.69 Å². The molecule has 1 aliphatic rings. The third-order valence-electron chi connectivity index (χ3n) is 4.46. The maximum absolute atomic E-state index is 12.7. The van der Waals surface area contributed by atoms with Gasteiger partial charge in [0.25, 0.3) is 5.91 Å². The number of nitrogens with one attached hydrogen (secondary N) is 1. The molecule has 0 aliphatic carbocycles. The van der Waals surface area contributed by atoms with Crippen LogP contribution < -0.4 is 5.32 Å². The molecule has 26 heavy (non-hydrogen) atoms. The molecule has 1 aromatic carbocycles. The Labute approximate surface area is 163 Å². The molecule has 0 atom stereocenters. The fraction of sp³-hybridized carbons (Fsp3) is 0.421. The topological polar surface area (TPSA) is 58.1 Å². The fourth-order valence-corrected chi connectivity index (χ4v) is 3.54. The van der Waals surface area contributed by atoms with Gasteiger partial charge in [-0.25, -0.2) is 9.97 Å². The van der Waals surface area contributed by atoms with Gasteiger partial charge < -0.3 is 10.2 Å². The lowest BCUT2D eigenvalue weighted by Gasteiger charge is -2.19. The number of benzene rings is 1. The molecule has 1 aliphatic heterocycles. The number of hydrogen-bond donors (Lipinski definition) is 1. The van der Waals surface area contributed by atoms with Gasteiger partial charge in [-0.05, 0) is 43.0 Å².